The van der Waals surface area contributed by atoms with Gasteiger partial charge in [-0.25, -0.2) is 14.4 Å². The number of halogens is 4. The van der Waals surface area contributed by atoms with Gasteiger partial charge in [0.25, 0.3) is 0 Å². The van der Waals surface area contributed by atoms with Gasteiger partial charge in [0.2, 0.25) is 0 Å². The van der Waals surface area contributed by atoms with Gasteiger partial charge in [-0.2, -0.15) is 8.78 Å². The molecule has 20 heavy (non-hydrogen) atoms. The Morgan fingerprint density at radius 2 is 1.85 bits per heavy atom. The zero-order valence-corrected chi connectivity index (χ0v) is 11.6. The molecule has 0 N–H and O–H groups in total. The van der Waals surface area contributed by atoms with Crippen molar-refractivity contribution in [3.05, 3.63) is 36.2 Å². The maximum Gasteiger partial charge on any atom is 0.387 e. The van der Waals surface area contributed by atoms with Crippen LogP contribution in [0.5, 0.6) is 5.75 Å². The molecule has 0 radical (unpaired) electrons. The van der Waals surface area contributed by atoms with Crippen molar-refractivity contribution >= 4 is 15.9 Å². The Morgan fingerprint density at radius 1 is 1.15 bits per heavy atom. The van der Waals surface area contributed by atoms with Crippen molar-refractivity contribution < 1.29 is 17.9 Å². The maximum atomic E-state index is 12.4. The van der Waals surface area contributed by atoms with Crippen molar-refractivity contribution in [1.82, 2.24) is 15.0 Å². The lowest BCUT2D eigenvalue weighted by Crippen LogP contribution is -2.04. The quantitative estimate of drug-likeness (QED) is 0.776. The molecule has 0 atom stereocenters. The Morgan fingerprint density at radius 3 is 2.40 bits per heavy atom. The van der Waals surface area contributed by atoms with Gasteiger partial charge in [-0.15, -0.1) is 0 Å². The van der Waals surface area contributed by atoms with E-state index >= 15 is 0 Å². The Labute approximate surface area is 121 Å². The van der Waals surface area contributed by atoms with Crippen molar-refractivity contribution in [2.45, 2.75) is 18.6 Å². The summed E-state index contributed by atoms with van der Waals surface area (Å²) in [5.41, 5.74) is 1.46. The van der Waals surface area contributed by atoms with Crippen LogP contribution in [0.2, 0.25) is 0 Å². The first kappa shape index (κ1) is 14.7. The highest BCUT2D eigenvalue weighted by Crippen LogP contribution is 2.30. The molecule has 0 saturated heterocycles. The maximum absolute atomic E-state index is 12.4. The zero-order chi connectivity index (χ0) is 14.5. The number of aromatic nitrogens is 3. The Kier molecular flexibility index (Phi) is 4.89. The molecule has 0 aromatic carbocycles. The molecule has 106 valence electrons. The number of alkyl halides is 4. The second kappa shape index (κ2) is 6.65. The van der Waals surface area contributed by atoms with Crippen LogP contribution in [0.1, 0.15) is 11.5 Å². The number of rotatable bonds is 5. The fraction of sp³-hybridized carbons (Fsp3) is 0.250. The number of pyridine rings is 1. The highest BCUT2D eigenvalue weighted by Gasteiger charge is 2.13. The largest absolute Gasteiger partial charge is 0.433 e. The first-order chi connectivity index (χ1) is 9.63. The Balaban J connectivity index is 2.44. The lowest BCUT2D eigenvalue weighted by molar-refractivity contribution is -0.0496. The lowest BCUT2D eigenvalue weighted by atomic mass is 10.1. The lowest BCUT2D eigenvalue weighted by Gasteiger charge is -2.11. The number of hydrogen-bond acceptors (Lipinski definition) is 4. The Bertz CT molecular complexity index is 581. The molecule has 0 amide bonds. The molecule has 0 spiro atoms. The van der Waals surface area contributed by atoms with Crippen LogP contribution in [0.15, 0.2) is 24.7 Å². The van der Waals surface area contributed by atoms with E-state index in [1.54, 1.807) is 6.07 Å². The molecule has 0 unspecified atom stereocenters. The summed E-state index contributed by atoms with van der Waals surface area (Å²) in [6, 6.07) is 1.58. The fourth-order valence-corrected chi connectivity index (χ4v) is 1.84. The molecular weight excluding hydrogens is 339 g/mol. The van der Waals surface area contributed by atoms with Crippen molar-refractivity contribution in [1.29, 1.82) is 0 Å². The molecule has 2 aromatic heterocycles. The second-order valence-corrected chi connectivity index (χ2v) is 4.27. The Hall–Kier alpha value is -1.70. The van der Waals surface area contributed by atoms with E-state index in [9.17, 15) is 13.2 Å². The molecule has 2 rings (SSSR count). The SMILES string of the molecule is FCc1ncc(-c2cc(CBr)ncc2OC(F)F)cn1. The molecule has 0 aliphatic carbocycles. The third-order valence-electron chi connectivity index (χ3n) is 2.41. The first-order valence-electron chi connectivity index (χ1n) is 5.51. The number of ether oxygens (including phenoxy) is 1. The fourth-order valence-electron chi connectivity index (χ4n) is 1.54. The van der Waals surface area contributed by atoms with Gasteiger partial charge in [-0.1, -0.05) is 15.9 Å². The van der Waals surface area contributed by atoms with E-state index in [1.165, 1.54) is 18.6 Å². The third kappa shape index (κ3) is 3.44. The average Bonchev–Trinajstić information content (AvgIpc) is 2.47. The highest BCUT2D eigenvalue weighted by molar-refractivity contribution is 9.08. The van der Waals surface area contributed by atoms with Crippen LogP contribution >= 0.6 is 15.9 Å². The van der Waals surface area contributed by atoms with Crippen LogP contribution in [-0.2, 0) is 12.0 Å². The van der Waals surface area contributed by atoms with Crippen molar-refractivity contribution in [2.75, 3.05) is 0 Å². The van der Waals surface area contributed by atoms with E-state index in [2.05, 4.69) is 35.6 Å². The van der Waals surface area contributed by atoms with Gasteiger partial charge in [0, 0.05) is 28.9 Å². The standard InChI is InChI=1S/C12H9BrF3N3O/c13-2-8-1-9(10(6-17-8)20-12(15)16)7-4-18-11(3-14)19-5-7/h1,4-6,12H,2-3H2. The predicted octanol–water partition coefficient (Wildman–Crippen LogP) is 3.50. The van der Waals surface area contributed by atoms with Gasteiger partial charge in [0.1, 0.15) is 6.67 Å². The van der Waals surface area contributed by atoms with Gasteiger partial charge in [-0.3, -0.25) is 4.98 Å². The molecule has 2 heterocycles. The van der Waals surface area contributed by atoms with Crippen LogP contribution in [0.25, 0.3) is 11.1 Å². The van der Waals surface area contributed by atoms with Crippen LogP contribution in [0.3, 0.4) is 0 Å². The van der Waals surface area contributed by atoms with Gasteiger partial charge < -0.3 is 4.74 Å². The molecule has 4 nitrogen and oxygen atoms in total. The first-order valence-corrected chi connectivity index (χ1v) is 6.63. The summed E-state index contributed by atoms with van der Waals surface area (Å²) >= 11 is 3.23. The smallest absolute Gasteiger partial charge is 0.387 e. The number of nitrogens with zero attached hydrogens (tertiary/aromatic N) is 3. The molecule has 0 fully saturated rings. The molecular formula is C12H9BrF3N3O. The second-order valence-electron chi connectivity index (χ2n) is 3.71. The summed E-state index contributed by atoms with van der Waals surface area (Å²) in [4.78, 5) is 11.5. The van der Waals surface area contributed by atoms with Crippen molar-refractivity contribution in [2.24, 2.45) is 0 Å². The minimum absolute atomic E-state index is 0.0276. The summed E-state index contributed by atoms with van der Waals surface area (Å²) in [5, 5.41) is 0.457. The van der Waals surface area contributed by atoms with E-state index in [-0.39, 0.29) is 11.6 Å². The minimum atomic E-state index is -2.96. The normalized spacial score (nSPS) is 10.8. The van der Waals surface area contributed by atoms with Gasteiger partial charge in [0.15, 0.2) is 11.6 Å². The van der Waals surface area contributed by atoms with Crippen LogP contribution in [0.4, 0.5) is 13.2 Å². The van der Waals surface area contributed by atoms with E-state index in [1.807, 2.05) is 0 Å². The molecule has 2 aromatic rings. The molecule has 8 heteroatoms. The number of hydrogen-bond donors (Lipinski definition) is 0. The van der Waals surface area contributed by atoms with E-state index in [0.29, 0.717) is 22.2 Å². The van der Waals surface area contributed by atoms with Crippen molar-refractivity contribution in [3.63, 3.8) is 0 Å². The third-order valence-corrected chi connectivity index (χ3v) is 2.99. The van der Waals surface area contributed by atoms with Gasteiger partial charge in [-0.05, 0) is 6.07 Å². The predicted molar refractivity (Wildman–Crippen MR) is 69.3 cm³/mol. The highest BCUT2D eigenvalue weighted by atomic mass is 79.9. The van der Waals surface area contributed by atoms with Crippen LogP contribution < -0.4 is 4.74 Å². The topological polar surface area (TPSA) is 47.9 Å². The van der Waals surface area contributed by atoms with E-state index in [0.717, 1.165) is 0 Å². The summed E-state index contributed by atoms with van der Waals surface area (Å²) in [6.07, 6.45) is 3.92. The van der Waals surface area contributed by atoms with Gasteiger partial charge >= 0.3 is 6.61 Å². The molecule has 0 saturated carbocycles. The minimum Gasteiger partial charge on any atom is -0.433 e. The summed E-state index contributed by atoms with van der Waals surface area (Å²) in [5.74, 6) is -0.0545. The van der Waals surface area contributed by atoms with E-state index < -0.39 is 13.3 Å². The molecule has 0 bridgehead atoms. The summed E-state index contributed by atoms with van der Waals surface area (Å²) in [7, 11) is 0. The van der Waals surface area contributed by atoms with E-state index in [4.69, 9.17) is 0 Å². The van der Waals surface area contributed by atoms with Crippen molar-refractivity contribution in [3.8, 4) is 16.9 Å². The zero-order valence-electron chi connectivity index (χ0n) is 10.1. The molecule has 0 aliphatic heterocycles. The summed E-state index contributed by atoms with van der Waals surface area (Å²) < 4.78 is 41.5. The monoisotopic (exact) mass is 347 g/mol. The average molecular weight is 348 g/mol. The van der Waals surface area contributed by atoms with Gasteiger partial charge in [0.05, 0.1) is 11.9 Å². The molecule has 0 aliphatic rings. The van der Waals surface area contributed by atoms with Crippen LogP contribution in [-0.4, -0.2) is 21.6 Å². The summed E-state index contributed by atoms with van der Waals surface area (Å²) in [6.45, 7) is -3.75. The van der Waals surface area contributed by atoms with Crippen LogP contribution in [0, 0.1) is 0 Å².